The van der Waals surface area contributed by atoms with E-state index < -0.39 is 6.10 Å². The van der Waals surface area contributed by atoms with Gasteiger partial charge >= 0.3 is 0 Å². The van der Waals surface area contributed by atoms with Crippen molar-refractivity contribution in [2.75, 3.05) is 6.54 Å². The minimum Gasteiger partial charge on any atom is -0.391 e. The summed E-state index contributed by atoms with van der Waals surface area (Å²) in [5.41, 5.74) is 1.92. The zero-order valence-corrected chi connectivity index (χ0v) is 11.2. The predicted octanol–water partition coefficient (Wildman–Crippen LogP) is 1.34. The van der Waals surface area contributed by atoms with Crippen LogP contribution in [-0.4, -0.2) is 28.6 Å². The highest BCUT2D eigenvalue weighted by Crippen LogP contribution is 2.02. The van der Waals surface area contributed by atoms with Crippen LogP contribution < -0.4 is 5.32 Å². The molecule has 0 aliphatic rings. The molecule has 2 aromatic rings. The van der Waals surface area contributed by atoms with Crippen molar-refractivity contribution in [3.8, 4) is 0 Å². The van der Waals surface area contributed by atoms with E-state index in [1.165, 1.54) is 0 Å². The van der Waals surface area contributed by atoms with E-state index in [9.17, 15) is 9.90 Å². The van der Waals surface area contributed by atoms with E-state index in [0.29, 0.717) is 6.42 Å². The van der Waals surface area contributed by atoms with E-state index in [0.717, 1.165) is 11.1 Å². The molecule has 2 N–H and O–H groups in total. The molecule has 0 spiro atoms. The van der Waals surface area contributed by atoms with Gasteiger partial charge in [-0.1, -0.05) is 36.4 Å². The molecule has 104 valence electrons. The maximum Gasteiger partial charge on any atom is 0.224 e. The number of rotatable bonds is 6. The highest BCUT2D eigenvalue weighted by Gasteiger charge is 2.08. The normalized spacial score (nSPS) is 11.8. The molecule has 1 aromatic carbocycles. The zero-order valence-electron chi connectivity index (χ0n) is 11.2. The number of benzene rings is 1. The van der Waals surface area contributed by atoms with Crippen molar-refractivity contribution in [3.63, 3.8) is 0 Å². The van der Waals surface area contributed by atoms with Crippen LogP contribution in [0.3, 0.4) is 0 Å². The Balaban J connectivity index is 1.73. The first kappa shape index (κ1) is 14.2. The first-order valence-electron chi connectivity index (χ1n) is 6.61. The molecule has 0 radical (unpaired) electrons. The van der Waals surface area contributed by atoms with Crippen LogP contribution in [0.1, 0.15) is 11.1 Å². The fourth-order valence-corrected chi connectivity index (χ4v) is 1.94. The summed E-state index contributed by atoms with van der Waals surface area (Å²) in [7, 11) is 0. The van der Waals surface area contributed by atoms with Gasteiger partial charge in [-0.2, -0.15) is 0 Å². The second kappa shape index (κ2) is 7.40. The van der Waals surface area contributed by atoms with E-state index in [-0.39, 0.29) is 18.9 Å². The van der Waals surface area contributed by atoms with Crippen LogP contribution in [0.25, 0.3) is 0 Å². The number of hydrogen-bond donors (Lipinski definition) is 2. The monoisotopic (exact) mass is 270 g/mol. The topological polar surface area (TPSA) is 62.2 Å². The van der Waals surface area contributed by atoms with Crippen LogP contribution in [0.5, 0.6) is 0 Å². The number of carbonyl (C=O) groups excluding carboxylic acids is 1. The third-order valence-corrected chi connectivity index (χ3v) is 2.94. The van der Waals surface area contributed by atoms with Crippen molar-refractivity contribution in [2.45, 2.75) is 18.9 Å². The molecule has 4 heteroatoms. The van der Waals surface area contributed by atoms with Crippen LogP contribution in [-0.2, 0) is 17.6 Å². The molecule has 0 aliphatic carbocycles. The summed E-state index contributed by atoms with van der Waals surface area (Å²) in [6.45, 7) is 0.258. The van der Waals surface area contributed by atoms with Crippen molar-refractivity contribution >= 4 is 5.91 Å². The van der Waals surface area contributed by atoms with E-state index >= 15 is 0 Å². The van der Waals surface area contributed by atoms with E-state index in [1.807, 2.05) is 36.4 Å². The summed E-state index contributed by atoms with van der Waals surface area (Å²) >= 11 is 0. The summed E-state index contributed by atoms with van der Waals surface area (Å²) in [6.07, 6.45) is 3.58. The second-order valence-electron chi connectivity index (χ2n) is 4.69. The van der Waals surface area contributed by atoms with Gasteiger partial charge in [0.2, 0.25) is 5.91 Å². The lowest BCUT2D eigenvalue weighted by Crippen LogP contribution is -2.34. The van der Waals surface area contributed by atoms with Gasteiger partial charge in [0, 0.05) is 25.4 Å². The van der Waals surface area contributed by atoms with Gasteiger partial charge in [-0.25, -0.2) is 0 Å². The maximum atomic E-state index is 11.7. The smallest absolute Gasteiger partial charge is 0.224 e. The number of hydrogen-bond acceptors (Lipinski definition) is 3. The van der Waals surface area contributed by atoms with E-state index in [2.05, 4.69) is 10.3 Å². The molecular weight excluding hydrogens is 252 g/mol. The number of aliphatic hydroxyl groups is 1. The molecular formula is C16H18N2O2. The Hall–Kier alpha value is -2.20. The standard InChI is InChI=1S/C16H18N2O2/c19-15(9-13-5-2-1-3-6-13)12-18-16(20)10-14-7-4-8-17-11-14/h1-8,11,15,19H,9-10,12H2,(H,18,20). The third-order valence-electron chi connectivity index (χ3n) is 2.94. The number of aliphatic hydroxyl groups excluding tert-OH is 1. The molecule has 20 heavy (non-hydrogen) atoms. The van der Waals surface area contributed by atoms with Crippen molar-refractivity contribution in [1.82, 2.24) is 10.3 Å². The number of nitrogens with one attached hydrogen (secondary N) is 1. The van der Waals surface area contributed by atoms with E-state index in [1.54, 1.807) is 18.5 Å². The van der Waals surface area contributed by atoms with Crippen LogP contribution in [0.4, 0.5) is 0 Å². The number of nitrogens with zero attached hydrogens (tertiary/aromatic N) is 1. The maximum absolute atomic E-state index is 11.7. The molecule has 1 aromatic heterocycles. The van der Waals surface area contributed by atoms with Crippen LogP contribution in [0.15, 0.2) is 54.9 Å². The molecule has 1 atom stereocenters. The molecule has 1 unspecified atom stereocenters. The summed E-state index contributed by atoms with van der Waals surface area (Å²) < 4.78 is 0. The second-order valence-corrected chi connectivity index (χ2v) is 4.69. The molecule has 0 saturated carbocycles. The Morgan fingerprint density at radius 3 is 2.60 bits per heavy atom. The number of pyridine rings is 1. The lowest BCUT2D eigenvalue weighted by atomic mass is 10.1. The molecule has 4 nitrogen and oxygen atoms in total. The number of amides is 1. The first-order chi connectivity index (χ1) is 9.74. The first-order valence-corrected chi connectivity index (χ1v) is 6.61. The van der Waals surface area contributed by atoms with Gasteiger partial charge in [-0.15, -0.1) is 0 Å². The SMILES string of the molecule is O=C(Cc1cccnc1)NCC(O)Cc1ccccc1. The zero-order chi connectivity index (χ0) is 14.2. The third kappa shape index (κ3) is 4.82. The van der Waals surface area contributed by atoms with Gasteiger partial charge in [0.25, 0.3) is 0 Å². The van der Waals surface area contributed by atoms with Gasteiger partial charge in [-0.3, -0.25) is 9.78 Å². The summed E-state index contributed by atoms with van der Waals surface area (Å²) in [4.78, 5) is 15.7. The summed E-state index contributed by atoms with van der Waals surface area (Å²) in [6, 6.07) is 13.4. The highest BCUT2D eigenvalue weighted by atomic mass is 16.3. The average molecular weight is 270 g/mol. The lowest BCUT2D eigenvalue weighted by molar-refractivity contribution is -0.120. The molecule has 0 bridgehead atoms. The Bertz CT molecular complexity index is 529. The van der Waals surface area contributed by atoms with Crippen molar-refractivity contribution in [3.05, 3.63) is 66.0 Å². The van der Waals surface area contributed by atoms with Gasteiger partial charge in [0.05, 0.1) is 12.5 Å². The van der Waals surface area contributed by atoms with E-state index in [4.69, 9.17) is 0 Å². The Kier molecular flexibility index (Phi) is 5.26. The summed E-state index contributed by atoms with van der Waals surface area (Å²) in [5, 5.41) is 12.6. The molecule has 1 heterocycles. The molecule has 1 amide bonds. The lowest BCUT2D eigenvalue weighted by Gasteiger charge is -2.12. The minimum atomic E-state index is -0.574. The quantitative estimate of drug-likeness (QED) is 0.832. The molecule has 2 rings (SSSR count). The van der Waals surface area contributed by atoms with Gasteiger partial charge in [-0.05, 0) is 17.2 Å². The average Bonchev–Trinajstić information content (AvgIpc) is 2.47. The van der Waals surface area contributed by atoms with Crippen LogP contribution in [0, 0.1) is 0 Å². The van der Waals surface area contributed by atoms with Crippen LogP contribution >= 0.6 is 0 Å². The van der Waals surface area contributed by atoms with Gasteiger partial charge in [0.15, 0.2) is 0 Å². The molecule has 0 aliphatic heterocycles. The summed E-state index contributed by atoms with van der Waals surface area (Å²) in [5.74, 6) is -0.106. The Morgan fingerprint density at radius 1 is 1.15 bits per heavy atom. The fraction of sp³-hybridized carbons (Fsp3) is 0.250. The highest BCUT2D eigenvalue weighted by molar-refractivity contribution is 5.78. The molecule has 0 saturated heterocycles. The van der Waals surface area contributed by atoms with Gasteiger partial charge in [0.1, 0.15) is 0 Å². The largest absolute Gasteiger partial charge is 0.391 e. The van der Waals surface area contributed by atoms with Crippen LogP contribution in [0.2, 0.25) is 0 Å². The van der Waals surface area contributed by atoms with Gasteiger partial charge < -0.3 is 10.4 Å². The van der Waals surface area contributed by atoms with Crippen molar-refractivity contribution in [1.29, 1.82) is 0 Å². The van der Waals surface area contributed by atoms with Crippen molar-refractivity contribution in [2.24, 2.45) is 0 Å². The Morgan fingerprint density at radius 2 is 1.90 bits per heavy atom. The Labute approximate surface area is 118 Å². The predicted molar refractivity (Wildman–Crippen MR) is 77.1 cm³/mol. The molecule has 0 fully saturated rings. The fourth-order valence-electron chi connectivity index (χ4n) is 1.94. The number of aromatic nitrogens is 1. The van der Waals surface area contributed by atoms with Crippen molar-refractivity contribution < 1.29 is 9.90 Å². The number of carbonyl (C=O) groups is 1. The minimum absolute atomic E-state index is 0.106.